The molecule has 1 aliphatic heterocycles. The predicted molar refractivity (Wildman–Crippen MR) is 156 cm³/mol. The van der Waals surface area contributed by atoms with Crippen molar-refractivity contribution in [2.75, 3.05) is 38.3 Å². The van der Waals surface area contributed by atoms with Crippen LogP contribution in [0.3, 0.4) is 0 Å². The van der Waals surface area contributed by atoms with Crippen molar-refractivity contribution >= 4 is 33.2 Å². The SMILES string of the molecule is C[C@@H]([C@@H]1CCCN1C)n1ncc2c(N(C)C)nc(-c3noc4c3CCC[C@@]43CCCc4sc(N)c(C#N)c43)nc21. The van der Waals surface area contributed by atoms with Crippen LogP contribution in [0.25, 0.3) is 22.6 Å². The number of aryl methyl sites for hydroxylation is 1. The van der Waals surface area contributed by atoms with E-state index in [1.165, 1.54) is 11.3 Å². The number of nitriles is 1. The Labute approximate surface area is 237 Å². The number of aromatic nitrogens is 5. The summed E-state index contributed by atoms with van der Waals surface area (Å²) in [5.41, 5.74) is 10.2. The molecule has 2 N–H and O–H groups in total. The summed E-state index contributed by atoms with van der Waals surface area (Å²) in [7, 11) is 6.19. The molecular weight excluding hydrogens is 522 g/mol. The first-order chi connectivity index (χ1) is 19.3. The number of likely N-dealkylation sites (tertiary alicyclic amines) is 1. The third kappa shape index (κ3) is 3.55. The molecule has 0 saturated carbocycles. The van der Waals surface area contributed by atoms with Crippen LogP contribution in [0.5, 0.6) is 0 Å². The molecule has 0 aromatic carbocycles. The fourth-order valence-corrected chi connectivity index (χ4v) is 8.74. The first kappa shape index (κ1) is 25.5. The molecule has 10 nitrogen and oxygen atoms in total. The Morgan fingerprint density at radius 1 is 1.23 bits per heavy atom. The number of nitrogen functional groups attached to an aromatic ring is 1. The molecule has 11 heteroatoms. The predicted octanol–water partition coefficient (Wildman–Crippen LogP) is 4.68. The summed E-state index contributed by atoms with van der Waals surface area (Å²) in [6.07, 6.45) is 9.90. The van der Waals surface area contributed by atoms with Crippen LogP contribution in [-0.2, 0) is 18.3 Å². The van der Waals surface area contributed by atoms with E-state index in [2.05, 4.69) is 34.8 Å². The van der Waals surface area contributed by atoms with E-state index in [0.717, 1.165) is 85.2 Å². The second kappa shape index (κ2) is 9.28. The van der Waals surface area contributed by atoms with Gasteiger partial charge in [0.1, 0.15) is 16.9 Å². The van der Waals surface area contributed by atoms with Gasteiger partial charge in [0.15, 0.2) is 22.9 Å². The van der Waals surface area contributed by atoms with Gasteiger partial charge in [-0.05, 0) is 77.4 Å². The van der Waals surface area contributed by atoms with Crippen molar-refractivity contribution in [2.24, 2.45) is 0 Å². The highest BCUT2D eigenvalue weighted by molar-refractivity contribution is 7.16. The van der Waals surface area contributed by atoms with E-state index in [0.29, 0.717) is 28.1 Å². The number of likely N-dealkylation sites (N-methyl/N-ethyl adjacent to an activating group) is 1. The number of fused-ring (bicyclic) bond motifs is 5. The van der Waals surface area contributed by atoms with Crippen LogP contribution in [0.15, 0.2) is 10.7 Å². The molecule has 0 unspecified atom stereocenters. The van der Waals surface area contributed by atoms with Crippen LogP contribution in [0.1, 0.15) is 78.8 Å². The molecule has 4 aromatic rings. The van der Waals surface area contributed by atoms with Crippen molar-refractivity contribution in [3.05, 3.63) is 33.5 Å². The molecule has 5 heterocycles. The number of hydrogen-bond donors (Lipinski definition) is 1. The highest BCUT2D eigenvalue weighted by Crippen LogP contribution is 2.55. The molecular formula is C29H35N9OS. The Morgan fingerprint density at radius 2 is 2.02 bits per heavy atom. The smallest absolute Gasteiger partial charge is 0.186 e. The molecule has 1 fully saturated rings. The minimum atomic E-state index is -0.372. The lowest BCUT2D eigenvalue weighted by Gasteiger charge is -2.39. The van der Waals surface area contributed by atoms with E-state index in [1.54, 1.807) is 11.3 Å². The standard InChI is InChI=1S/C29H35N9OS/c1-16(20-9-7-13-37(20)4)38-28-19(15-32-38)27(36(2)3)33-26(34-28)23-17-8-5-11-29(24(17)39-35-23)12-6-10-21-22(29)18(14-30)25(31)40-21/h15-16,20H,5-13,31H2,1-4H3/t16-,20-,29-/m0/s1. The zero-order chi connectivity index (χ0) is 27.8. The Bertz CT molecular complexity index is 1660. The van der Waals surface area contributed by atoms with Crippen molar-refractivity contribution < 1.29 is 4.52 Å². The lowest BCUT2D eigenvalue weighted by molar-refractivity contribution is 0.232. The van der Waals surface area contributed by atoms with Gasteiger partial charge < -0.3 is 20.1 Å². The quantitative estimate of drug-likeness (QED) is 0.381. The molecule has 208 valence electrons. The second-order valence-corrected chi connectivity index (χ2v) is 13.0. The third-order valence-corrected chi connectivity index (χ3v) is 10.5. The van der Waals surface area contributed by atoms with E-state index in [9.17, 15) is 5.26 Å². The molecule has 7 rings (SSSR count). The summed E-state index contributed by atoms with van der Waals surface area (Å²) in [5.74, 6) is 2.25. The molecule has 1 spiro atoms. The molecule has 2 aliphatic carbocycles. The van der Waals surface area contributed by atoms with E-state index in [-0.39, 0.29) is 11.5 Å². The zero-order valence-electron chi connectivity index (χ0n) is 23.6. The average Bonchev–Trinajstić information content (AvgIpc) is 3.72. The van der Waals surface area contributed by atoms with Gasteiger partial charge in [-0.1, -0.05) is 5.16 Å². The van der Waals surface area contributed by atoms with Gasteiger partial charge in [-0.25, -0.2) is 14.6 Å². The number of nitrogens with zero attached hydrogens (tertiary/aromatic N) is 8. The van der Waals surface area contributed by atoms with Gasteiger partial charge in [0, 0.05) is 30.6 Å². The molecule has 4 aromatic heterocycles. The van der Waals surface area contributed by atoms with Gasteiger partial charge in [-0.2, -0.15) is 10.4 Å². The van der Waals surface area contributed by atoms with Crippen LogP contribution >= 0.6 is 11.3 Å². The fourth-order valence-electron chi connectivity index (χ4n) is 7.58. The minimum absolute atomic E-state index is 0.173. The van der Waals surface area contributed by atoms with E-state index in [4.69, 9.17) is 25.3 Å². The third-order valence-electron chi connectivity index (χ3n) is 9.45. The largest absolute Gasteiger partial charge is 0.389 e. The van der Waals surface area contributed by atoms with Crippen molar-refractivity contribution in [3.63, 3.8) is 0 Å². The number of hydrogen-bond acceptors (Lipinski definition) is 10. The van der Waals surface area contributed by atoms with Gasteiger partial charge in [0.05, 0.1) is 28.6 Å². The summed E-state index contributed by atoms with van der Waals surface area (Å²) < 4.78 is 8.31. The van der Waals surface area contributed by atoms with Gasteiger partial charge in [-0.3, -0.25) is 0 Å². The molecule has 1 saturated heterocycles. The van der Waals surface area contributed by atoms with Crippen LogP contribution in [-0.4, -0.2) is 63.5 Å². The molecule has 3 aliphatic rings. The average molecular weight is 558 g/mol. The number of nitrogens with two attached hydrogens (primary N) is 1. The maximum absolute atomic E-state index is 10.0. The maximum atomic E-state index is 10.0. The Balaban J connectivity index is 1.39. The molecule has 40 heavy (non-hydrogen) atoms. The summed E-state index contributed by atoms with van der Waals surface area (Å²) in [6, 6.07) is 2.99. The topological polar surface area (TPSA) is 126 Å². The minimum Gasteiger partial charge on any atom is -0.389 e. The van der Waals surface area contributed by atoms with Crippen LogP contribution < -0.4 is 10.6 Å². The maximum Gasteiger partial charge on any atom is 0.186 e. The molecule has 3 atom stereocenters. The molecule has 0 radical (unpaired) electrons. The Hall–Kier alpha value is -3.49. The summed E-state index contributed by atoms with van der Waals surface area (Å²) in [6.45, 7) is 3.34. The van der Waals surface area contributed by atoms with E-state index in [1.807, 2.05) is 25.2 Å². The summed E-state index contributed by atoms with van der Waals surface area (Å²) >= 11 is 1.56. The highest BCUT2D eigenvalue weighted by atomic mass is 32.1. The van der Waals surface area contributed by atoms with Gasteiger partial charge in [-0.15, -0.1) is 11.3 Å². The van der Waals surface area contributed by atoms with E-state index >= 15 is 0 Å². The first-order valence-corrected chi connectivity index (χ1v) is 15.1. The number of rotatable bonds is 4. The molecule has 0 bridgehead atoms. The van der Waals surface area contributed by atoms with E-state index < -0.39 is 0 Å². The van der Waals surface area contributed by atoms with Crippen LogP contribution in [0.4, 0.5) is 10.8 Å². The van der Waals surface area contributed by atoms with Gasteiger partial charge in [0.2, 0.25) is 0 Å². The number of anilines is 2. The van der Waals surface area contributed by atoms with Crippen molar-refractivity contribution in [1.29, 1.82) is 5.26 Å². The van der Waals surface area contributed by atoms with Crippen LogP contribution in [0.2, 0.25) is 0 Å². The normalized spacial score (nSPS) is 23.3. The van der Waals surface area contributed by atoms with Crippen molar-refractivity contribution in [2.45, 2.75) is 75.8 Å². The number of thiophene rings is 1. The molecule has 0 amide bonds. The lowest BCUT2D eigenvalue weighted by Crippen LogP contribution is -2.35. The van der Waals surface area contributed by atoms with Crippen LogP contribution in [0, 0.1) is 11.3 Å². The summed E-state index contributed by atoms with van der Waals surface area (Å²) in [4.78, 5) is 15.8. The lowest BCUT2D eigenvalue weighted by atomic mass is 9.63. The Morgan fingerprint density at radius 3 is 2.75 bits per heavy atom. The van der Waals surface area contributed by atoms with Crippen molar-refractivity contribution in [1.82, 2.24) is 29.8 Å². The van der Waals surface area contributed by atoms with Crippen molar-refractivity contribution in [3.8, 4) is 17.6 Å². The highest BCUT2D eigenvalue weighted by Gasteiger charge is 2.49. The van der Waals surface area contributed by atoms with Gasteiger partial charge >= 0.3 is 0 Å². The Kier molecular flexibility index (Phi) is 5.91. The zero-order valence-corrected chi connectivity index (χ0v) is 24.4. The second-order valence-electron chi connectivity index (χ2n) is 11.9. The summed E-state index contributed by atoms with van der Waals surface area (Å²) in [5, 5.41) is 21.0. The fraction of sp³-hybridized carbons (Fsp3) is 0.552. The monoisotopic (exact) mass is 557 g/mol. The first-order valence-electron chi connectivity index (χ1n) is 14.3. The van der Waals surface area contributed by atoms with Gasteiger partial charge in [0.25, 0.3) is 0 Å².